The van der Waals surface area contributed by atoms with Crippen molar-refractivity contribution in [3.05, 3.63) is 0 Å². The van der Waals surface area contributed by atoms with Crippen molar-refractivity contribution in [3.8, 4) is 0 Å². The van der Waals surface area contributed by atoms with Gasteiger partial charge in [-0.3, -0.25) is 9.32 Å². The van der Waals surface area contributed by atoms with Gasteiger partial charge in [-0.25, -0.2) is 4.57 Å². The fraction of sp³-hybridized carbons (Fsp3) is 0.900. The predicted molar refractivity (Wildman–Crippen MR) is 56.6 cm³/mol. The summed E-state index contributed by atoms with van der Waals surface area (Å²) in [6.07, 6.45) is 2.16. The average molecular weight is 248 g/mol. The van der Waals surface area contributed by atoms with E-state index in [9.17, 15) is 9.36 Å². The minimum atomic E-state index is -4.49. The van der Waals surface area contributed by atoms with Crippen LogP contribution in [0.3, 0.4) is 0 Å². The summed E-state index contributed by atoms with van der Waals surface area (Å²) in [6.45, 7) is 3.84. The average Bonchev–Trinajstić information content (AvgIpc) is 2.46. The van der Waals surface area contributed by atoms with Gasteiger partial charge in [0.2, 0.25) is 0 Å². The number of rotatable bonds is 3. The molecule has 5 nitrogen and oxygen atoms in total. The summed E-state index contributed by atoms with van der Waals surface area (Å²) in [4.78, 5) is 29.4. The summed E-state index contributed by atoms with van der Waals surface area (Å²) in [7, 11) is -4.49. The number of phosphoric acid groups is 1. The smallest absolute Gasteiger partial charge is 0.303 e. The number of fused-ring (bicyclic) bond motifs is 2. The van der Waals surface area contributed by atoms with Gasteiger partial charge in [0.1, 0.15) is 5.78 Å². The van der Waals surface area contributed by atoms with Gasteiger partial charge in [0.15, 0.2) is 0 Å². The molecule has 2 unspecified atom stereocenters. The van der Waals surface area contributed by atoms with E-state index in [-0.39, 0.29) is 17.8 Å². The minimum absolute atomic E-state index is 0.0993. The van der Waals surface area contributed by atoms with Crippen molar-refractivity contribution in [1.82, 2.24) is 0 Å². The Bertz CT molecular complexity index is 371. The number of carbonyl (C=O) groups excluding carboxylic acids is 1. The monoisotopic (exact) mass is 248 g/mol. The lowest BCUT2D eigenvalue weighted by Gasteiger charge is -2.35. The summed E-state index contributed by atoms with van der Waals surface area (Å²) in [6, 6.07) is 0. The van der Waals surface area contributed by atoms with Crippen molar-refractivity contribution < 1.29 is 23.7 Å². The van der Waals surface area contributed by atoms with Gasteiger partial charge < -0.3 is 9.79 Å². The van der Waals surface area contributed by atoms with Crippen molar-refractivity contribution in [2.24, 2.45) is 16.7 Å². The maximum Gasteiger partial charge on any atom is 0.469 e. The van der Waals surface area contributed by atoms with Crippen LogP contribution in [0.25, 0.3) is 0 Å². The Kier molecular flexibility index (Phi) is 2.59. The number of carbonyl (C=O) groups is 1. The molecule has 6 heteroatoms. The van der Waals surface area contributed by atoms with Gasteiger partial charge in [0.05, 0.1) is 12.0 Å². The molecule has 0 radical (unpaired) electrons. The molecular formula is C10H17O5P. The van der Waals surface area contributed by atoms with Crippen molar-refractivity contribution in [1.29, 1.82) is 0 Å². The molecule has 0 heterocycles. The highest BCUT2D eigenvalue weighted by Crippen LogP contribution is 2.64. The standard InChI is InChI=1S/C10H17O5P/c1-9(2)7-3-4-10(9,8(11)5-7)6-15-16(12,13)14/h7H,3-6H2,1-2H3,(H2,12,13,14). The molecule has 0 amide bonds. The van der Waals surface area contributed by atoms with Crippen LogP contribution in [0.2, 0.25) is 0 Å². The van der Waals surface area contributed by atoms with Gasteiger partial charge in [-0.05, 0) is 24.2 Å². The van der Waals surface area contributed by atoms with Crippen molar-refractivity contribution in [3.63, 3.8) is 0 Å². The summed E-state index contributed by atoms with van der Waals surface area (Å²) in [5, 5.41) is 0. The first-order valence-corrected chi connectivity index (χ1v) is 6.95. The van der Waals surface area contributed by atoms with Crippen LogP contribution in [0.1, 0.15) is 33.1 Å². The Hall–Kier alpha value is -0.220. The summed E-state index contributed by atoms with van der Waals surface area (Å²) >= 11 is 0. The van der Waals surface area contributed by atoms with E-state index in [0.717, 1.165) is 6.42 Å². The minimum Gasteiger partial charge on any atom is -0.303 e. The van der Waals surface area contributed by atoms with Crippen LogP contribution in [0.5, 0.6) is 0 Å². The molecule has 2 N–H and O–H groups in total. The highest BCUT2D eigenvalue weighted by atomic mass is 31.2. The molecule has 0 aromatic heterocycles. The van der Waals surface area contributed by atoms with Crippen LogP contribution in [0.4, 0.5) is 0 Å². The van der Waals surface area contributed by atoms with E-state index in [2.05, 4.69) is 4.52 Å². The Balaban J connectivity index is 2.23. The van der Waals surface area contributed by atoms with Gasteiger partial charge in [0, 0.05) is 6.42 Å². The highest BCUT2D eigenvalue weighted by molar-refractivity contribution is 7.46. The molecule has 2 aliphatic carbocycles. The molecule has 0 aliphatic heterocycles. The van der Waals surface area contributed by atoms with Crippen LogP contribution in [0, 0.1) is 16.7 Å². The molecule has 0 spiro atoms. The second kappa shape index (κ2) is 3.39. The molecule has 2 bridgehead atoms. The lowest BCUT2D eigenvalue weighted by atomic mass is 9.69. The van der Waals surface area contributed by atoms with Crippen LogP contribution < -0.4 is 0 Å². The van der Waals surface area contributed by atoms with Gasteiger partial charge in [0.25, 0.3) is 0 Å². The Labute approximate surface area is 94.4 Å². The van der Waals surface area contributed by atoms with E-state index in [1.807, 2.05) is 13.8 Å². The zero-order valence-electron chi connectivity index (χ0n) is 9.47. The topological polar surface area (TPSA) is 83.8 Å². The van der Waals surface area contributed by atoms with Gasteiger partial charge in [-0.15, -0.1) is 0 Å². The second-order valence-corrected chi connectivity index (χ2v) is 6.67. The SMILES string of the molecule is CC1(C)C2CCC1(COP(=O)(O)O)C(=O)C2. The Morgan fingerprint density at radius 3 is 2.50 bits per heavy atom. The number of hydrogen-bond acceptors (Lipinski definition) is 3. The molecule has 2 fully saturated rings. The van der Waals surface area contributed by atoms with E-state index in [4.69, 9.17) is 9.79 Å². The summed E-state index contributed by atoms with van der Waals surface area (Å²) < 4.78 is 15.3. The van der Waals surface area contributed by atoms with Gasteiger partial charge >= 0.3 is 7.82 Å². The number of Topliss-reactive ketones (excluding diaryl/α,β-unsaturated/α-hetero) is 1. The van der Waals surface area contributed by atoms with E-state index in [1.54, 1.807) is 0 Å². The lowest BCUT2D eigenvalue weighted by Crippen LogP contribution is -2.40. The quantitative estimate of drug-likeness (QED) is 0.739. The van der Waals surface area contributed by atoms with Crippen molar-refractivity contribution in [2.45, 2.75) is 33.1 Å². The normalized spacial score (nSPS) is 37.0. The van der Waals surface area contributed by atoms with Crippen LogP contribution >= 0.6 is 7.82 Å². The maximum absolute atomic E-state index is 12.0. The molecule has 0 aromatic carbocycles. The number of hydrogen-bond donors (Lipinski definition) is 2. The fourth-order valence-corrected chi connectivity index (χ4v) is 3.69. The van der Waals surface area contributed by atoms with Gasteiger partial charge in [-0.1, -0.05) is 13.8 Å². The third-order valence-corrected chi connectivity index (χ3v) is 5.08. The molecule has 92 valence electrons. The third kappa shape index (κ3) is 1.58. The first kappa shape index (κ1) is 12.2. The third-order valence-electron chi connectivity index (χ3n) is 4.62. The Morgan fingerprint density at radius 2 is 2.12 bits per heavy atom. The first-order valence-electron chi connectivity index (χ1n) is 5.42. The zero-order valence-corrected chi connectivity index (χ0v) is 10.4. The molecule has 2 aliphatic rings. The fourth-order valence-electron chi connectivity index (χ4n) is 3.30. The number of phosphoric ester groups is 1. The van der Waals surface area contributed by atoms with Gasteiger partial charge in [-0.2, -0.15) is 0 Å². The summed E-state index contributed by atoms with van der Waals surface area (Å²) in [5.41, 5.74) is -0.891. The number of ketones is 1. The van der Waals surface area contributed by atoms with E-state index in [0.29, 0.717) is 18.8 Å². The molecule has 16 heavy (non-hydrogen) atoms. The second-order valence-electron chi connectivity index (χ2n) is 5.43. The zero-order chi connectivity index (χ0) is 12.2. The van der Waals surface area contributed by atoms with E-state index in [1.165, 1.54) is 0 Å². The molecule has 0 saturated heterocycles. The maximum atomic E-state index is 12.0. The highest BCUT2D eigenvalue weighted by Gasteiger charge is 2.64. The van der Waals surface area contributed by atoms with Crippen LogP contribution in [-0.2, 0) is 13.9 Å². The Morgan fingerprint density at radius 1 is 1.50 bits per heavy atom. The first-order chi connectivity index (χ1) is 7.19. The van der Waals surface area contributed by atoms with Crippen LogP contribution in [-0.4, -0.2) is 22.2 Å². The lowest BCUT2D eigenvalue weighted by molar-refractivity contribution is -0.131. The molecule has 0 aromatic rings. The molecule has 2 atom stereocenters. The summed E-state index contributed by atoms with van der Waals surface area (Å²) in [5.74, 6) is 0.433. The largest absolute Gasteiger partial charge is 0.469 e. The van der Waals surface area contributed by atoms with E-state index >= 15 is 0 Å². The van der Waals surface area contributed by atoms with Crippen LogP contribution in [0.15, 0.2) is 0 Å². The van der Waals surface area contributed by atoms with E-state index < -0.39 is 13.2 Å². The molecule has 2 rings (SSSR count). The van der Waals surface area contributed by atoms with Crippen molar-refractivity contribution in [2.75, 3.05) is 6.61 Å². The van der Waals surface area contributed by atoms with Crippen molar-refractivity contribution >= 4 is 13.6 Å². The predicted octanol–water partition coefficient (Wildman–Crippen LogP) is 1.49. The molecule has 2 saturated carbocycles. The molecular weight excluding hydrogens is 231 g/mol.